The normalized spacial score (nSPS) is 10.7. The van der Waals surface area contributed by atoms with Crippen LogP contribution in [-0.4, -0.2) is 30.7 Å². The molecule has 0 aliphatic heterocycles. The third kappa shape index (κ3) is 9.88. The molecule has 0 radical (unpaired) electrons. The van der Waals surface area contributed by atoms with Crippen molar-refractivity contribution in [3.05, 3.63) is 167 Å². The molecule has 0 saturated carbocycles. The number of aromatic nitrogens is 4. The second kappa shape index (κ2) is 18.7. The Morgan fingerprint density at radius 3 is 1.48 bits per heavy atom. The Balaban J connectivity index is 0.000000171. The molecule has 4 aromatic carbocycles. The summed E-state index contributed by atoms with van der Waals surface area (Å²) in [7, 11) is 3.53. The van der Waals surface area contributed by atoms with Crippen LogP contribution in [0.4, 0.5) is 45.1 Å². The molecule has 19 heteroatoms. The first-order valence-electron chi connectivity index (χ1n) is 17.4. The van der Waals surface area contributed by atoms with Crippen LogP contribution in [-0.2, 0) is 14.1 Å². The number of nitrogens with one attached hydrogen (secondary N) is 1. The zero-order chi connectivity index (χ0) is 44.1. The number of benzene rings is 4. The summed E-state index contributed by atoms with van der Waals surface area (Å²) in [4.78, 5) is 24.3. The lowest BCUT2D eigenvalue weighted by atomic mass is 10.1. The van der Waals surface area contributed by atoms with Crippen molar-refractivity contribution in [1.29, 1.82) is 0 Å². The number of nitrogens with two attached hydrogens (primary N) is 1. The summed E-state index contributed by atoms with van der Waals surface area (Å²) in [6.07, 6.45) is 0. The van der Waals surface area contributed by atoms with Gasteiger partial charge in [0.25, 0.3) is 11.1 Å². The summed E-state index contributed by atoms with van der Waals surface area (Å²) in [6.45, 7) is 0. The SMILES string of the molecule is Cn1nc(-c2ccccc2F)cc1-c1ccc(N)s1.Cn1nc(-c2ccccc2F)cc1-c1ccc(NC(=O)c2c(F)ccc(F)c2F)s1.O=C(Cl)c1c(F)ccc(F)c1F. The van der Waals surface area contributed by atoms with Crippen molar-refractivity contribution in [1.82, 2.24) is 19.6 Å². The van der Waals surface area contributed by atoms with Crippen LogP contribution in [0, 0.1) is 46.5 Å². The lowest BCUT2D eigenvalue weighted by molar-refractivity contribution is 0.101. The lowest BCUT2D eigenvalue weighted by Crippen LogP contribution is -2.16. The first kappa shape index (κ1) is 43.9. The molecule has 0 bridgehead atoms. The number of amides is 1. The Morgan fingerprint density at radius 1 is 0.574 bits per heavy atom. The fourth-order valence-corrected chi connectivity index (χ4v) is 7.59. The molecule has 4 heterocycles. The van der Waals surface area contributed by atoms with Crippen molar-refractivity contribution in [3.63, 3.8) is 0 Å². The van der Waals surface area contributed by atoms with Crippen LogP contribution in [0.3, 0.4) is 0 Å². The fraction of sp³-hybridized carbons (Fsp3) is 0.0476. The molecule has 0 spiro atoms. The van der Waals surface area contributed by atoms with Crippen molar-refractivity contribution in [2.45, 2.75) is 0 Å². The fourth-order valence-electron chi connectivity index (χ4n) is 5.65. The molecule has 8 rings (SSSR count). The smallest absolute Gasteiger partial charge is 0.262 e. The highest BCUT2D eigenvalue weighted by Gasteiger charge is 2.23. The topological polar surface area (TPSA) is 108 Å². The van der Waals surface area contributed by atoms with E-state index in [1.54, 1.807) is 71.0 Å². The Hall–Kier alpha value is -6.63. The van der Waals surface area contributed by atoms with Gasteiger partial charge < -0.3 is 11.1 Å². The van der Waals surface area contributed by atoms with Gasteiger partial charge in [0.1, 0.15) is 34.4 Å². The molecule has 0 saturated heterocycles. The maximum atomic E-state index is 14.0. The highest BCUT2D eigenvalue weighted by Crippen LogP contribution is 2.35. The predicted molar refractivity (Wildman–Crippen MR) is 219 cm³/mol. The monoisotopic (exact) mass is 898 g/mol. The van der Waals surface area contributed by atoms with Crippen LogP contribution in [0.1, 0.15) is 20.7 Å². The van der Waals surface area contributed by atoms with Crippen LogP contribution in [0.5, 0.6) is 0 Å². The van der Waals surface area contributed by atoms with Crippen LogP contribution in [0.25, 0.3) is 43.7 Å². The van der Waals surface area contributed by atoms with Crippen molar-refractivity contribution in [2.24, 2.45) is 14.1 Å². The Bertz CT molecular complexity index is 2910. The van der Waals surface area contributed by atoms with Gasteiger partial charge in [0.05, 0.1) is 42.5 Å². The molecular weight excluding hydrogens is 872 g/mol. The molecule has 0 unspecified atom stereocenters. The van der Waals surface area contributed by atoms with Gasteiger partial charge in [-0.05, 0) is 96.5 Å². The number of anilines is 2. The van der Waals surface area contributed by atoms with E-state index in [1.807, 2.05) is 25.2 Å². The van der Waals surface area contributed by atoms with E-state index in [4.69, 9.17) is 17.3 Å². The molecule has 8 nitrogen and oxygen atoms in total. The van der Waals surface area contributed by atoms with Crippen LogP contribution < -0.4 is 11.1 Å². The molecule has 0 aliphatic carbocycles. The third-order valence-corrected chi connectivity index (χ3v) is 10.7. The van der Waals surface area contributed by atoms with Crippen molar-refractivity contribution in [3.8, 4) is 43.7 Å². The average molecular weight is 899 g/mol. The molecule has 4 aromatic heterocycles. The van der Waals surface area contributed by atoms with E-state index in [9.17, 15) is 44.7 Å². The van der Waals surface area contributed by atoms with E-state index in [0.717, 1.165) is 26.9 Å². The quantitative estimate of drug-likeness (QED) is 0.0941. The average Bonchev–Trinajstić information content (AvgIpc) is 4.03. The minimum Gasteiger partial charge on any atom is -0.391 e. The van der Waals surface area contributed by atoms with Gasteiger partial charge >= 0.3 is 0 Å². The van der Waals surface area contributed by atoms with Gasteiger partial charge in [-0.25, -0.2) is 35.1 Å². The van der Waals surface area contributed by atoms with Crippen LogP contribution in [0.15, 0.2) is 109 Å². The maximum Gasteiger partial charge on any atom is 0.262 e. The highest BCUT2D eigenvalue weighted by molar-refractivity contribution is 7.19. The number of carbonyl (C=O) groups excluding carboxylic acids is 2. The van der Waals surface area contributed by atoms with E-state index in [2.05, 4.69) is 15.5 Å². The number of nitrogens with zero attached hydrogens (tertiary/aromatic N) is 4. The second-order valence-corrected chi connectivity index (χ2v) is 15.1. The van der Waals surface area contributed by atoms with Gasteiger partial charge in [-0.1, -0.05) is 24.3 Å². The van der Waals surface area contributed by atoms with Crippen molar-refractivity contribution in [2.75, 3.05) is 11.1 Å². The van der Waals surface area contributed by atoms with Gasteiger partial charge in [-0.3, -0.25) is 19.0 Å². The predicted octanol–water partition coefficient (Wildman–Crippen LogP) is 11.6. The number of hydrogen-bond acceptors (Lipinski definition) is 7. The Labute approximate surface area is 354 Å². The number of hydrogen-bond donors (Lipinski definition) is 2. The number of thiophene rings is 2. The summed E-state index contributed by atoms with van der Waals surface area (Å²) in [5, 5.41) is 10.8. The standard InChI is InChI=1S/C21H13F4N3OS.C14H12FN3S.C7H2ClF3O/c1-28-16(10-15(27-28)11-4-2-3-5-12(11)22)17-8-9-18(30-17)26-21(29)19-13(23)6-7-14(24)20(19)25;1-18-12(13-6-7-14(16)19-13)8-11(17-18)9-4-2-3-5-10(9)15;8-7(12)5-3(9)1-2-4(10)6(5)11/h2-10H,1H3,(H,26,29);2-8H,16H2,1H3;1-2H. The van der Waals surface area contributed by atoms with Crippen molar-refractivity contribution >= 4 is 55.4 Å². The van der Waals surface area contributed by atoms with Gasteiger partial charge in [-0.2, -0.15) is 10.2 Å². The maximum absolute atomic E-state index is 14.0. The Kier molecular flexibility index (Phi) is 13.5. The van der Waals surface area contributed by atoms with E-state index in [1.165, 1.54) is 23.5 Å². The number of nitrogen functional groups attached to an aromatic ring is 1. The van der Waals surface area contributed by atoms with E-state index in [-0.39, 0.29) is 5.82 Å². The molecule has 0 atom stereocenters. The molecule has 61 heavy (non-hydrogen) atoms. The summed E-state index contributed by atoms with van der Waals surface area (Å²) < 4.78 is 110. The number of rotatable bonds is 7. The number of carbonyl (C=O) groups is 2. The summed E-state index contributed by atoms with van der Waals surface area (Å²) in [5.41, 5.74) is 7.19. The van der Waals surface area contributed by atoms with Gasteiger partial charge in [0.2, 0.25) is 0 Å². The molecule has 8 aromatic rings. The van der Waals surface area contributed by atoms with Gasteiger partial charge in [0, 0.05) is 25.2 Å². The molecular formula is C42H27ClF8N6O2S2. The molecule has 3 N–H and O–H groups in total. The zero-order valence-electron chi connectivity index (χ0n) is 31.3. The second-order valence-electron chi connectivity index (χ2n) is 12.6. The third-order valence-electron chi connectivity index (χ3n) is 8.55. The minimum atomic E-state index is -1.56. The first-order valence-corrected chi connectivity index (χ1v) is 19.4. The summed E-state index contributed by atoms with van der Waals surface area (Å²) in [6, 6.07) is 26.0. The molecule has 1 amide bonds. The van der Waals surface area contributed by atoms with Crippen molar-refractivity contribution < 1.29 is 44.7 Å². The van der Waals surface area contributed by atoms with Gasteiger partial charge in [0.15, 0.2) is 23.3 Å². The van der Waals surface area contributed by atoms with E-state index in [0.29, 0.717) is 62.4 Å². The van der Waals surface area contributed by atoms with Gasteiger partial charge in [-0.15, -0.1) is 22.7 Å². The molecule has 312 valence electrons. The van der Waals surface area contributed by atoms with E-state index >= 15 is 0 Å². The summed E-state index contributed by atoms with van der Waals surface area (Å²) >= 11 is 7.42. The first-order chi connectivity index (χ1) is 29.0. The molecule has 0 fully saturated rings. The zero-order valence-corrected chi connectivity index (χ0v) is 33.7. The molecule has 0 aliphatic rings. The largest absolute Gasteiger partial charge is 0.391 e. The van der Waals surface area contributed by atoms with Crippen LogP contribution >= 0.6 is 34.3 Å². The Morgan fingerprint density at radius 2 is 1.02 bits per heavy atom. The highest BCUT2D eigenvalue weighted by atomic mass is 35.5. The van der Waals surface area contributed by atoms with Crippen LogP contribution in [0.2, 0.25) is 0 Å². The summed E-state index contributed by atoms with van der Waals surface area (Å²) in [5.74, 6) is -9.84. The lowest BCUT2D eigenvalue weighted by Gasteiger charge is -2.05. The number of halogens is 9. The van der Waals surface area contributed by atoms with E-state index < -0.39 is 63.0 Å². The number of aryl methyl sites for hydroxylation is 2. The minimum absolute atomic E-state index is 0.266.